The van der Waals surface area contributed by atoms with Crippen LogP contribution in [0.25, 0.3) is 0 Å². The van der Waals surface area contributed by atoms with Crippen molar-refractivity contribution in [2.24, 2.45) is 0 Å². The number of hydrogen-bond donors (Lipinski definition) is 4. The molecule has 0 aliphatic rings. The fourth-order valence-electron chi connectivity index (χ4n) is 2.47. The van der Waals surface area contributed by atoms with Crippen molar-refractivity contribution < 1.29 is 14.4 Å². The number of para-hydroxylation sites is 2. The van der Waals surface area contributed by atoms with Crippen LogP contribution in [0.3, 0.4) is 0 Å². The van der Waals surface area contributed by atoms with Gasteiger partial charge in [-0.2, -0.15) is 0 Å². The van der Waals surface area contributed by atoms with Crippen LogP contribution in [0, 0.1) is 13.8 Å². The Balaban J connectivity index is 1.78. The highest BCUT2D eigenvalue weighted by molar-refractivity contribution is 5.97. The van der Waals surface area contributed by atoms with Crippen LogP contribution in [0.15, 0.2) is 48.5 Å². The van der Waals surface area contributed by atoms with Gasteiger partial charge in [-0.1, -0.05) is 36.4 Å². The first-order chi connectivity index (χ1) is 12.9. The van der Waals surface area contributed by atoms with Crippen molar-refractivity contribution >= 4 is 29.2 Å². The molecule has 142 valence electrons. The van der Waals surface area contributed by atoms with Gasteiger partial charge in [-0.3, -0.25) is 9.59 Å². The van der Waals surface area contributed by atoms with Gasteiger partial charge in [0.1, 0.15) is 6.04 Å². The summed E-state index contributed by atoms with van der Waals surface area (Å²) in [5, 5.41) is 10.5. The maximum atomic E-state index is 12.1. The molecule has 0 saturated heterocycles. The van der Waals surface area contributed by atoms with Crippen molar-refractivity contribution in [1.29, 1.82) is 0 Å². The molecule has 0 unspecified atom stereocenters. The Morgan fingerprint density at radius 3 is 2.15 bits per heavy atom. The minimum atomic E-state index is -0.790. The minimum absolute atomic E-state index is 0.182. The number of nitrogens with one attached hydrogen (secondary N) is 4. The van der Waals surface area contributed by atoms with Gasteiger partial charge >= 0.3 is 6.03 Å². The van der Waals surface area contributed by atoms with Crippen LogP contribution in [0.2, 0.25) is 0 Å². The van der Waals surface area contributed by atoms with Gasteiger partial charge in [0.05, 0.1) is 6.54 Å². The van der Waals surface area contributed by atoms with Gasteiger partial charge < -0.3 is 21.3 Å². The van der Waals surface area contributed by atoms with E-state index in [0.717, 1.165) is 16.8 Å². The number of carbonyl (C=O) groups excluding carboxylic acids is 3. The Morgan fingerprint density at radius 1 is 0.889 bits per heavy atom. The topological polar surface area (TPSA) is 99.3 Å². The molecule has 0 radical (unpaired) electrons. The maximum Gasteiger partial charge on any atom is 0.319 e. The van der Waals surface area contributed by atoms with Crippen LogP contribution in [-0.2, 0) is 9.59 Å². The summed E-state index contributed by atoms with van der Waals surface area (Å²) in [5.74, 6) is -0.781. The molecule has 2 aromatic rings. The second-order valence-electron chi connectivity index (χ2n) is 6.22. The first-order valence-electron chi connectivity index (χ1n) is 8.63. The number of amides is 4. The zero-order valence-electron chi connectivity index (χ0n) is 15.6. The average Bonchev–Trinajstić information content (AvgIpc) is 2.63. The number of urea groups is 1. The molecule has 0 heterocycles. The molecule has 0 fully saturated rings. The molecule has 7 nitrogen and oxygen atoms in total. The Kier molecular flexibility index (Phi) is 6.93. The number of benzene rings is 2. The third-order valence-electron chi connectivity index (χ3n) is 3.94. The highest BCUT2D eigenvalue weighted by Gasteiger charge is 2.16. The van der Waals surface area contributed by atoms with Crippen LogP contribution in [-0.4, -0.2) is 30.4 Å². The predicted molar refractivity (Wildman–Crippen MR) is 106 cm³/mol. The van der Waals surface area contributed by atoms with E-state index in [1.807, 2.05) is 38.1 Å². The Hall–Kier alpha value is -3.35. The normalized spacial score (nSPS) is 11.2. The zero-order chi connectivity index (χ0) is 19.8. The molecule has 0 bridgehead atoms. The highest BCUT2D eigenvalue weighted by atomic mass is 16.2. The van der Waals surface area contributed by atoms with E-state index in [1.54, 1.807) is 31.2 Å². The highest BCUT2D eigenvalue weighted by Crippen LogP contribution is 2.18. The van der Waals surface area contributed by atoms with E-state index in [4.69, 9.17) is 0 Å². The monoisotopic (exact) mass is 368 g/mol. The van der Waals surface area contributed by atoms with E-state index in [-0.39, 0.29) is 12.5 Å². The summed E-state index contributed by atoms with van der Waals surface area (Å²) in [6, 6.07) is 13.3. The maximum absolute atomic E-state index is 12.1. The van der Waals surface area contributed by atoms with Gasteiger partial charge in [0.15, 0.2) is 0 Å². The smallest absolute Gasteiger partial charge is 0.319 e. The lowest BCUT2D eigenvalue weighted by Gasteiger charge is -2.15. The summed E-state index contributed by atoms with van der Waals surface area (Å²) >= 11 is 0. The predicted octanol–water partition coefficient (Wildman–Crippen LogP) is 2.57. The fraction of sp³-hybridized carbons (Fsp3) is 0.250. The summed E-state index contributed by atoms with van der Waals surface area (Å²) in [6.45, 7) is 5.17. The second kappa shape index (κ2) is 9.38. The lowest BCUT2D eigenvalue weighted by molar-refractivity contribution is -0.125. The van der Waals surface area contributed by atoms with Crippen LogP contribution in [0.1, 0.15) is 18.1 Å². The molecule has 7 heteroatoms. The molecule has 0 aliphatic heterocycles. The van der Waals surface area contributed by atoms with Crippen LogP contribution in [0.5, 0.6) is 0 Å². The molecular weight excluding hydrogens is 344 g/mol. The molecule has 1 atom stereocenters. The molecular formula is C20H24N4O3. The minimum Gasteiger partial charge on any atom is -0.345 e. The van der Waals surface area contributed by atoms with Gasteiger partial charge in [0.25, 0.3) is 0 Å². The molecule has 0 saturated carbocycles. The average molecular weight is 368 g/mol. The summed E-state index contributed by atoms with van der Waals surface area (Å²) in [5.41, 5.74) is 3.25. The lowest BCUT2D eigenvalue weighted by Crippen LogP contribution is -2.47. The van der Waals surface area contributed by atoms with Crippen molar-refractivity contribution in [3.63, 3.8) is 0 Å². The molecule has 0 spiro atoms. The van der Waals surface area contributed by atoms with Crippen LogP contribution in [0.4, 0.5) is 16.2 Å². The number of rotatable bonds is 6. The van der Waals surface area contributed by atoms with Gasteiger partial charge in [-0.05, 0) is 44.0 Å². The Morgan fingerprint density at radius 2 is 1.52 bits per heavy atom. The molecule has 2 aromatic carbocycles. The van der Waals surface area contributed by atoms with E-state index < -0.39 is 18.0 Å². The van der Waals surface area contributed by atoms with Crippen molar-refractivity contribution in [1.82, 2.24) is 10.6 Å². The molecule has 0 aromatic heterocycles. The SMILES string of the molecule is Cc1cccc(C)c1NC(=O)CNC(=O)[C@H](C)NC(=O)Nc1ccccc1. The summed E-state index contributed by atoms with van der Waals surface area (Å²) < 4.78 is 0. The standard InChI is InChI=1S/C20H24N4O3/c1-13-8-7-9-14(2)18(13)24-17(25)12-21-19(26)15(3)22-20(27)23-16-10-5-4-6-11-16/h4-11,15H,12H2,1-3H3,(H,21,26)(H,24,25)(H2,22,23,27)/t15-/m0/s1. The fourth-order valence-corrected chi connectivity index (χ4v) is 2.47. The molecule has 4 N–H and O–H groups in total. The van der Waals surface area contributed by atoms with Gasteiger partial charge in [-0.15, -0.1) is 0 Å². The van der Waals surface area contributed by atoms with Gasteiger partial charge in [0.2, 0.25) is 11.8 Å². The third kappa shape index (κ3) is 6.14. The van der Waals surface area contributed by atoms with Crippen molar-refractivity contribution in [2.75, 3.05) is 17.2 Å². The number of carbonyl (C=O) groups is 3. The van der Waals surface area contributed by atoms with Crippen molar-refractivity contribution in [2.45, 2.75) is 26.8 Å². The van der Waals surface area contributed by atoms with Crippen LogP contribution < -0.4 is 21.3 Å². The molecule has 27 heavy (non-hydrogen) atoms. The summed E-state index contributed by atoms with van der Waals surface area (Å²) in [4.78, 5) is 36.1. The van der Waals surface area contributed by atoms with E-state index >= 15 is 0 Å². The summed E-state index contributed by atoms with van der Waals surface area (Å²) in [7, 11) is 0. The van der Waals surface area contributed by atoms with E-state index in [0.29, 0.717) is 5.69 Å². The first kappa shape index (κ1) is 20.0. The van der Waals surface area contributed by atoms with Crippen molar-refractivity contribution in [3.05, 3.63) is 59.7 Å². The molecule has 0 aliphatic carbocycles. The van der Waals surface area contributed by atoms with Gasteiger partial charge in [0, 0.05) is 11.4 Å². The third-order valence-corrected chi connectivity index (χ3v) is 3.94. The number of anilines is 2. The van der Waals surface area contributed by atoms with E-state index in [1.165, 1.54) is 0 Å². The quantitative estimate of drug-likeness (QED) is 0.630. The van der Waals surface area contributed by atoms with Gasteiger partial charge in [-0.25, -0.2) is 4.79 Å². The Labute approximate surface area is 158 Å². The Bertz CT molecular complexity index is 801. The van der Waals surface area contributed by atoms with Crippen LogP contribution >= 0.6 is 0 Å². The zero-order valence-corrected chi connectivity index (χ0v) is 15.6. The number of hydrogen-bond acceptors (Lipinski definition) is 3. The summed E-state index contributed by atoms with van der Waals surface area (Å²) in [6.07, 6.45) is 0. The lowest BCUT2D eigenvalue weighted by atomic mass is 10.1. The van der Waals surface area contributed by atoms with Crippen molar-refractivity contribution in [3.8, 4) is 0 Å². The first-order valence-corrected chi connectivity index (χ1v) is 8.63. The van der Waals surface area contributed by atoms with E-state index in [9.17, 15) is 14.4 Å². The second-order valence-corrected chi connectivity index (χ2v) is 6.22. The molecule has 2 rings (SSSR count). The van der Waals surface area contributed by atoms with E-state index in [2.05, 4.69) is 21.3 Å². The number of aryl methyl sites for hydroxylation is 2. The largest absolute Gasteiger partial charge is 0.345 e. The molecule has 4 amide bonds.